The van der Waals surface area contributed by atoms with E-state index >= 15 is 0 Å². The second-order valence-corrected chi connectivity index (χ2v) is 5.91. The van der Waals surface area contributed by atoms with Gasteiger partial charge in [-0.25, -0.2) is 4.99 Å². The summed E-state index contributed by atoms with van der Waals surface area (Å²) >= 11 is 0. The van der Waals surface area contributed by atoms with E-state index < -0.39 is 0 Å². The third-order valence-corrected chi connectivity index (χ3v) is 4.52. The van der Waals surface area contributed by atoms with E-state index in [1.54, 1.807) is 0 Å². The number of benzene rings is 2. The molecule has 1 heterocycles. The van der Waals surface area contributed by atoms with Crippen molar-refractivity contribution < 1.29 is 9.84 Å². The number of hydrogen-bond acceptors (Lipinski definition) is 5. The number of aryl methyl sites for hydroxylation is 1. The predicted molar refractivity (Wildman–Crippen MR) is 98.2 cm³/mol. The normalized spacial score (nSPS) is 11.6. The van der Waals surface area contributed by atoms with Crippen LogP contribution in [0.25, 0.3) is 6.58 Å². The van der Waals surface area contributed by atoms with E-state index in [9.17, 15) is 10.4 Å². The molecule has 5 nitrogen and oxygen atoms in total. The lowest BCUT2D eigenvalue weighted by molar-refractivity contribution is 0.400. The van der Waals surface area contributed by atoms with Crippen molar-refractivity contribution in [3.05, 3.63) is 39.9 Å². The van der Waals surface area contributed by atoms with E-state index in [0.29, 0.717) is 27.6 Å². The highest BCUT2D eigenvalue weighted by Crippen LogP contribution is 2.41. The molecule has 0 unspecified atom stereocenters. The molecular weight excluding hydrogens is 314 g/mol. The fourth-order valence-corrected chi connectivity index (χ4v) is 3.13. The second-order valence-electron chi connectivity index (χ2n) is 5.91. The van der Waals surface area contributed by atoms with Crippen molar-refractivity contribution in [3.63, 3.8) is 0 Å². The number of aromatic hydroxyl groups is 1. The molecule has 1 aliphatic heterocycles. The summed E-state index contributed by atoms with van der Waals surface area (Å²) in [6, 6.07) is 7.59. The molecule has 0 saturated heterocycles. The molecule has 1 aliphatic rings. The Morgan fingerprint density at radius 2 is 1.96 bits per heavy atom. The Kier molecular flexibility index (Phi) is 4.37. The van der Waals surface area contributed by atoms with E-state index in [4.69, 9.17) is 4.74 Å². The number of anilines is 1. The first-order valence-electron chi connectivity index (χ1n) is 8.47. The molecule has 1 N–H and O–H groups in total. The smallest absolute Gasteiger partial charge is 0.196 e. The number of hydrogen-bond donors (Lipinski definition) is 1. The van der Waals surface area contributed by atoms with Crippen LogP contribution in [-0.2, 0) is 6.42 Å². The Balaban J connectivity index is 2.28. The molecular formula is C20H21N3O2. The van der Waals surface area contributed by atoms with Crippen molar-refractivity contribution in [1.82, 2.24) is 0 Å². The monoisotopic (exact) mass is 335 g/mol. The minimum atomic E-state index is -0.0765. The molecule has 0 saturated carbocycles. The zero-order valence-corrected chi connectivity index (χ0v) is 14.8. The summed E-state index contributed by atoms with van der Waals surface area (Å²) in [5.74, 6) is 0.704. The molecule has 3 rings (SSSR count). The molecule has 0 atom stereocenters. The molecule has 0 aliphatic carbocycles. The van der Waals surface area contributed by atoms with Crippen molar-refractivity contribution in [3.8, 4) is 23.3 Å². The van der Waals surface area contributed by atoms with Gasteiger partial charge in [0.25, 0.3) is 0 Å². The summed E-state index contributed by atoms with van der Waals surface area (Å²) in [5.41, 5.74) is 3.30. The highest BCUT2D eigenvalue weighted by molar-refractivity contribution is 5.69. The predicted octanol–water partition coefficient (Wildman–Crippen LogP) is 3.14. The zero-order chi connectivity index (χ0) is 18.1. The molecule has 0 radical (unpaired) electrons. The lowest BCUT2D eigenvalue weighted by atomic mass is 10.1. The summed E-state index contributed by atoms with van der Waals surface area (Å²) in [6.45, 7) is 11.9. The third kappa shape index (κ3) is 2.70. The van der Waals surface area contributed by atoms with Crippen LogP contribution in [0, 0.1) is 11.3 Å². The van der Waals surface area contributed by atoms with Crippen molar-refractivity contribution in [2.45, 2.75) is 27.2 Å². The van der Waals surface area contributed by atoms with E-state index in [-0.39, 0.29) is 11.5 Å². The topological polar surface area (TPSA) is 68.8 Å². The van der Waals surface area contributed by atoms with Crippen LogP contribution in [0.5, 0.6) is 17.2 Å². The SMILES string of the molecule is C=c1cc(C#N)c2c(c1O)Oc1cc(N(CC)CC)c(CC)cc1N=2. The Labute approximate surface area is 147 Å². The van der Waals surface area contributed by atoms with E-state index in [1.807, 2.05) is 12.1 Å². The van der Waals surface area contributed by atoms with Gasteiger partial charge < -0.3 is 14.7 Å². The van der Waals surface area contributed by atoms with Gasteiger partial charge in [0.1, 0.15) is 17.1 Å². The summed E-state index contributed by atoms with van der Waals surface area (Å²) < 4.78 is 5.95. The maximum atomic E-state index is 10.3. The van der Waals surface area contributed by atoms with Gasteiger partial charge >= 0.3 is 0 Å². The molecule has 0 bridgehead atoms. The third-order valence-electron chi connectivity index (χ3n) is 4.52. The number of nitriles is 1. The molecule has 5 heteroatoms. The molecule has 0 fully saturated rings. The fourth-order valence-electron chi connectivity index (χ4n) is 3.13. The van der Waals surface area contributed by atoms with Crippen LogP contribution < -0.4 is 20.2 Å². The van der Waals surface area contributed by atoms with Crippen molar-refractivity contribution in [2.24, 2.45) is 4.99 Å². The Bertz CT molecular complexity index is 986. The summed E-state index contributed by atoms with van der Waals surface area (Å²) in [4.78, 5) is 6.85. The van der Waals surface area contributed by atoms with Crippen molar-refractivity contribution >= 4 is 18.0 Å². The molecule has 0 aromatic heterocycles. The second kappa shape index (κ2) is 6.48. The van der Waals surface area contributed by atoms with Crippen LogP contribution in [-0.4, -0.2) is 18.2 Å². The van der Waals surface area contributed by atoms with Crippen LogP contribution in [0.15, 0.2) is 23.2 Å². The average Bonchev–Trinajstić information content (AvgIpc) is 2.63. The molecule has 128 valence electrons. The number of phenols is 1. The maximum absolute atomic E-state index is 10.3. The van der Waals surface area contributed by atoms with Gasteiger partial charge in [0.05, 0.1) is 5.56 Å². The van der Waals surface area contributed by atoms with E-state index in [0.717, 1.165) is 25.2 Å². The van der Waals surface area contributed by atoms with Crippen molar-refractivity contribution in [2.75, 3.05) is 18.0 Å². The lowest BCUT2D eigenvalue weighted by Gasteiger charge is -2.26. The van der Waals surface area contributed by atoms with Crippen LogP contribution in [0.2, 0.25) is 0 Å². The first-order valence-corrected chi connectivity index (χ1v) is 8.47. The quantitative estimate of drug-likeness (QED) is 0.795. The number of ether oxygens (including phenoxy) is 1. The largest absolute Gasteiger partial charge is 0.504 e. The van der Waals surface area contributed by atoms with Gasteiger partial charge in [-0.1, -0.05) is 13.5 Å². The van der Waals surface area contributed by atoms with Gasteiger partial charge in [-0.3, -0.25) is 0 Å². The zero-order valence-electron chi connectivity index (χ0n) is 14.8. The minimum Gasteiger partial charge on any atom is -0.504 e. The summed E-state index contributed by atoms with van der Waals surface area (Å²) in [5, 5.41) is 20.4. The van der Waals surface area contributed by atoms with Gasteiger partial charge in [-0.05, 0) is 38.0 Å². The van der Waals surface area contributed by atoms with E-state index in [2.05, 4.69) is 43.3 Å². The van der Waals surface area contributed by atoms with Crippen LogP contribution >= 0.6 is 0 Å². The fraction of sp³-hybridized carbons (Fsp3) is 0.300. The molecule has 0 amide bonds. The highest BCUT2D eigenvalue weighted by atomic mass is 16.5. The van der Waals surface area contributed by atoms with Crippen molar-refractivity contribution in [1.29, 1.82) is 5.26 Å². The number of rotatable bonds is 4. The number of nitrogens with zero attached hydrogens (tertiary/aromatic N) is 3. The van der Waals surface area contributed by atoms with Gasteiger partial charge in [0.15, 0.2) is 17.2 Å². The molecule has 2 aromatic carbocycles. The summed E-state index contributed by atoms with van der Waals surface area (Å²) in [7, 11) is 0. The molecule has 2 aromatic rings. The Morgan fingerprint density at radius 1 is 1.24 bits per heavy atom. The van der Waals surface area contributed by atoms with Crippen LogP contribution in [0.3, 0.4) is 0 Å². The first-order chi connectivity index (χ1) is 12.0. The van der Waals surface area contributed by atoms with Crippen LogP contribution in [0.1, 0.15) is 31.9 Å². The van der Waals surface area contributed by atoms with E-state index in [1.165, 1.54) is 11.6 Å². The average molecular weight is 335 g/mol. The number of fused-ring (bicyclic) bond motifs is 2. The lowest BCUT2D eigenvalue weighted by Crippen LogP contribution is -2.24. The first kappa shape index (κ1) is 16.8. The standard InChI is InChI=1S/C20H21N3O2/c1-5-13-9-15-17(10-16(13)23(6-2)7-3)25-20-18(22-15)14(11-21)8-12(4)19(20)24/h8-10,24H,4-7H2,1-3H3. The van der Waals surface area contributed by atoms with Gasteiger partial charge in [0.2, 0.25) is 0 Å². The van der Waals surface area contributed by atoms with Crippen LogP contribution in [0.4, 0.5) is 11.4 Å². The molecule has 0 spiro atoms. The molecule has 25 heavy (non-hydrogen) atoms. The minimum absolute atomic E-state index is 0.0765. The van der Waals surface area contributed by atoms with Gasteiger partial charge in [-0.15, -0.1) is 0 Å². The maximum Gasteiger partial charge on any atom is 0.196 e. The Hall–Kier alpha value is -3.00. The Morgan fingerprint density at radius 3 is 2.56 bits per heavy atom. The summed E-state index contributed by atoms with van der Waals surface area (Å²) in [6.07, 6.45) is 0.871. The highest BCUT2D eigenvalue weighted by Gasteiger charge is 2.22. The number of phenolic OH excluding ortho intramolecular Hbond substituents is 1. The van der Waals surface area contributed by atoms with Gasteiger partial charge in [0, 0.05) is 30.1 Å². The van der Waals surface area contributed by atoms with Gasteiger partial charge in [-0.2, -0.15) is 5.26 Å².